The van der Waals surface area contributed by atoms with Gasteiger partial charge < -0.3 is 25.4 Å². The lowest BCUT2D eigenvalue weighted by Gasteiger charge is -2.15. The van der Waals surface area contributed by atoms with E-state index in [1.165, 1.54) is 6.20 Å². The quantitative estimate of drug-likeness (QED) is 0.366. The van der Waals surface area contributed by atoms with Crippen LogP contribution in [-0.4, -0.2) is 58.8 Å². The Morgan fingerprint density at radius 1 is 1.33 bits per heavy atom. The highest BCUT2D eigenvalue weighted by molar-refractivity contribution is 5.84. The minimum atomic E-state index is -1.19. The number of urea groups is 1. The van der Waals surface area contributed by atoms with Gasteiger partial charge in [0.25, 0.3) is 0 Å². The Bertz CT molecular complexity index is 345. The molecule has 5 N–H and O–H groups in total. The zero-order chi connectivity index (χ0) is 13.7. The Hall–Kier alpha value is -1.48. The third-order valence-electron chi connectivity index (χ3n) is 2.61. The van der Waals surface area contributed by atoms with Gasteiger partial charge >= 0.3 is 6.03 Å². The van der Waals surface area contributed by atoms with Crippen LogP contribution >= 0.6 is 0 Å². The van der Waals surface area contributed by atoms with E-state index in [-0.39, 0.29) is 6.41 Å². The van der Waals surface area contributed by atoms with Gasteiger partial charge in [0.2, 0.25) is 6.41 Å². The largest absolute Gasteiger partial charge is 0.394 e. The molecule has 0 aromatic heterocycles. The fourth-order valence-electron chi connectivity index (χ4n) is 1.63. The molecule has 1 aliphatic rings. The summed E-state index contributed by atoms with van der Waals surface area (Å²) in [6.07, 6.45) is -2.59. The van der Waals surface area contributed by atoms with Crippen molar-refractivity contribution in [1.82, 2.24) is 10.6 Å². The Morgan fingerprint density at radius 3 is 2.50 bits per heavy atom. The van der Waals surface area contributed by atoms with Crippen LogP contribution < -0.4 is 10.6 Å². The minimum absolute atomic E-state index is 0.227. The van der Waals surface area contributed by atoms with E-state index in [1.807, 2.05) is 5.32 Å². The normalized spacial score (nSPS) is 32.1. The van der Waals surface area contributed by atoms with Crippen molar-refractivity contribution in [1.29, 1.82) is 0 Å². The van der Waals surface area contributed by atoms with Crippen LogP contribution in [0.25, 0.3) is 0 Å². The van der Waals surface area contributed by atoms with Crippen LogP contribution in [0.15, 0.2) is 11.8 Å². The molecule has 2 unspecified atom stereocenters. The number of hydrogen-bond acceptors (Lipinski definition) is 6. The predicted molar refractivity (Wildman–Crippen MR) is 59.2 cm³/mol. The standard InChI is InChI=1S/C10H16N2O6/c1-5(2-11-10(17)12-4-14)9-8(16)7(15)6(3-13)18-9/h2,4,6-9,13,15-16H,3H2,1H3,(H2,11,12,14,17)/b5-2+/t6-,7?,8?,9+/m1/s1. The molecule has 0 aliphatic carbocycles. The van der Waals surface area contributed by atoms with Crippen LogP contribution in [0.3, 0.4) is 0 Å². The molecule has 0 saturated carbocycles. The molecule has 102 valence electrons. The number of aliphatic hydroxyl groups is 3. The Kier molecular flexibility index (Phi) is 5.23. The second kappa shape index (κ2) is 6.45. The van der Waals surface area contributed by atoms with Crippen molar-refractivity contribution in [3.8, 4) is 0 Å². The second-order valence-electron chi connectivity index (χ2n) is 3.88. The topological polar surface area (TPSA) is 128 Å². The molecule has 0 radical (unpaired) electrons. The minimum Gasteiger partial charge on any atom is -0.394 e. The average molecular weight is 260 g/mol. The predicted octanol–water partition coefficient (Wildman–Crippen LogP) is -2.17. The molecular formula is C10H16N2O6. The molecule has 0 aromatic rings. The molecule has 18 heavy (non-hydrogen) atoms. The van der Waals surface area contributed by atoms with Gasteiger partial charge in [-0.25, -0.2) is 4.79 Å². The van der Waals surface area contributed by atoms with Crippen LogP contribution in [0.2, 0.25) is 0 Å². The van der Waals surface area contributed by atoms with Crippen molar-refractivity contribution in [3.05, 3.63) is 11.8 Å². The van der Waals surface area contributed by atoms with E-state index in [1.54, 1.807) is 6.92 Å². The number of carbonyl (C=O) groups is 2. The Labute approximate surface area is 103 Å². The molecule has 1 heterocycles. The number of ether oxygens (including phenoxy) is 1. The van der Waals surface area contributed by atoms with Crippen molar-refractivity contribution < 1.29 is 29.6 Å². The fraction of sp³-hybridized carbons (Fsp3) is 0.600. The maximum absolute atomic E-state index is 10.9. The summed E-state index contributed by atoms with van der Waals surface area (Å²) >= 11 is 0. The molecule has 3 amide bonds. The molecular weight excluding hydrogens is 244 g/mol. The SMILES string of the molecule is C/C(=C\NC(=O)NC=O)[C@@H]1O[C@H](CO)C(O)C1O. The van der Waals surface area contributed by atoms with Gasteiger partial charge in [-0.1, -0.05) is 0 Å². The van der Waals surface area contributed by atoms with Crippen molar-refractivity contribution >= 4 is 12.4 Å². The van der Waals surface area contributed by atoms with Crippen molar-refractivity contribution in [3.63, 3.8) is 0 Å². The zero-order valence-electron chi connectivity index (χ0n) is 9.74. The van der Waals surface area contributed by atoms with Crippen LogP contribution in [0.4, 0.5) is 4.79 Å². The van der Waals surface area contributed by atoms with Crippen LogP contribution in [-0.2, 0) is 9.53 Å². The highest BCUT2D eigenvalue weighted by Gasteiger charge is 2.42. The van der Waals surface area contributed by atoms with Gasteiger partial charge in [0, 0.05) is 6.20 Å². The molecule has 8 heteroatoms. The molecule has 4 atom stereocenters. The number of amides is 3. The Balaban J connectivity index is 2.61. The van der Waals surface area contributed by atoms with Crippen molar-refractivity contribution in [2.45, 2.75) is 31.3 Å². The van der Waals surface area contributed by atoms with Gasteiger partial charge in [-0.3, -0.25) is 10.1 Å². The summed E-state index contributed by atoms with van der Waals surface area (Å²) in [7, 11) is 0. The van der Waals surface area contributed by atoms with Gasteiger partial charge in [-0.15, -0.1) is 0 Å². The summed E-state index contributed by atoms with van der Waals surface area (Å²) in [4.78, 5) is 20.9. The van der Waals surface area contributed by atoms with Gasteiger partial charge in [-0.2, -0.15) is 0 Å². The highest BCUT2D eigenvalue weighted by atomic mass is 16.6. The molecule has 0 spiro atoms. The first-order valence-electron chi connectivity index (χ1n) is 5.31. The van der Waals surface area contributed by atoms with Gasteiger partial charge in [0.05, 0.1) is 6.61 Å². The molecule has 0 bridgehead atoms. The van der Waals surface area contributed by atoms with Crippen molar-refractivity contribution in [2.24, 2.45) is 0 Å². The second-order valence-corrected chi connectivity index (χ2v) is 3.88. The number of aliphatic hydroxyl groups excluding tert-OH is 3. The lowest BCUT2D eigenvalue weighted by atomic mass is 10.0. The summed E-state index contributed by atoms with van der Waals surface area (Å²) in [5.74, 6) is 0. The van der Waals surface area contributed by atoms with Gasteiger partial charge in [0.1, 0.15) is 24.4 Å². The first-order chi connectivity index (χ1) is 8.51. The fourth-order valence-corrected chi connectivity index (χ4v) is 1.63. The smallest absolute Gasteiger partial charge is 0.325 e. The number of nitrogens with one attached hydrogen (secondary N) is 2. The van der Waals surface area contributed by atoms with Gasteiger partial charge in [0.15, 0.2) is 0 Å². The number of hydrogen-bond donors (Lipinski definition) is 5. The maximum atomic E-state index is 10.9. The van der Waals surface area contributed by atoms with E-state index < -0.39 is 37.1 Å². The summed E-state index contributed by atoms with van der Waals surface area (Å²) < 4.78 is 5.23. The lowest BCUT2D eigenvalue weighted by molar-refractivity contribution is -0.108. The summed E-state index contributed by atoms with van der Waals surface area (Å²) in [5, 5.41) is 32.2. The van der Waals surface area contributed by atoms with E-state index >= 15 is 0 Å². The third kappa shape index (κ3) is 3.26. The number of carbonyl (C=O) groups excluding carboxylic acids is 2. The monoisotopic (exact) mass is 260 g/mol. The highest BCUT2D eigenvalue weighted by Crippen LogP contribution is 2.25. The Morgan fingerprint density at radius 2 is 2.00 bits per heavy atom. The first-order valence-corrected chi connectivity index (χ1v) is 5.31. The molecule has 1 saturated heterocycles. The van der Waals surface area contributed by atoms with Crippen LogP contribution in [0.5, 0.6) is 0 Å². The van der Waals surface area contributed by atoms with Crippen LogP contribution in [0.1, 0.15) is 6.92 Å². The third-order valence-corrected chi connectivity index (χ3v) is 2.61. The molecule has 1 aliphatic heterocycles. The van der Waals surface area contributed by atoms with Crippen LogP contribution in [0, 0.1) is 0 Å². The molecule has 0 aromatic carbocycles. The summed E-state index contributed by atoms with van der Waals surface area (Å²) in [5.41, 5.74) is 0.443. The summed E-state index contributed by atoms with van der Waals surface area (Å²) in [6.45, 7) is 1.16. The van der Waals surface area contributed by atoms with E-state index in [0.29, 0.717) is 5.57 Å². The van der Waals surface area contributed by atoms with Crippen molar-refractivity contribution in [2.75, 3.05) is 6.61 Å². The summed E-state index contributed by atoms with van der Waals surface area (Å²) in [6, 6.07) is -0.726. The van der Waals surface area contributed by atoms with E-state index in [2.05, 4.69) is 5.32 Å². The first kappa shape index (κ1) is 14.6. The van der Waals surface area contributed by atoms with Gasteiger partial charge in [-0.05, 0) is 12.5 Å². The number of rotatable bonds is 4. The number of imide groups is 1. The van der Waals surface area contributed by atoms with E-state index in [0.717, 1.165) is 0 Å². The zero-order valence-corrected chi connectivity index (χ0v) is 9.74. The molecule has 1 fully saturated rings. The lowest BCUT2D eigenvalue weighted by Crippen LogP contribution is -2.35. The molecule has 1 rings (SSSR count). The average Bonchev–Trinajstić information content (AvgIpc) is 2.63. The molecule has 8 nitrogen and oxygen atoms in total. The van der Waals surface area contributed by atoms with E-state index in [9.17, 15) is 19.8 Å². The maximum Gasteiger partial charge on any atom is 0.325 e. The van der Waals surface area contributed by atoms with E-state index in [4.69, 9.17) is 9.84 Å².